The average Bonchev–Trinajstić information content (AvgIpc) is 2.67. The largest absolute Gasteiger partial charge is 0.494 e. The first-order valence-corrected chi connectivity index (χ1v) is 10.3. The summed E-state index contributed by atoms with van der Waals surface area (Å²) in [4.78, 5) is 33.0. The number of benzene rings is 1. The molecule has 1 aromatic carbocycles. The van der Waals surface area contributed by atoms with Gasteiger partial charge in [0.1, 0.15) is 11.6 Å². The number of H-pyrrole nitrogens is 1. The standard InChI is InChI=1S/C20H21N3O3S/c1-3-26-12-9-7-11(8-10-12)15-16-13(5-4-6-14(16)24)21-18-17(15)19(25)23-20(22-18)27-2/h7-10,15H,3-6H2,1-2H3,(H2,21,22,23,25). The Morgan fingerprint density at radius 1 is 1.22 bits per heavy atom. The van der Waals surface area contributed by atoms with Gasteiger partial charge in [0.05, 0.1) is 12.2 Å². The van der Waals surface area contributed by atoms with Crippen molar-refractivity contribution in [1.29, 1.82) is 0 Å². The number of aromatic nitrogens is 2. The molecule has 27 heavy (non-hydrogen) atoms. The number of thioether (sulfide) groups is 1. The van der Waals surface area contributed by atoms with E-state index >= 15 is 0 Å². The molecule has 0 fully saturated rings. The van der Waals surface area contributed by atoms with Crippen LogP contribution in [0.25, 0.3) is 0 Å². The lowest BCUT2D eigenvalue weighted by molar-refractivity contribution is -0.116. The van der Waals surface area contributed by atoms with E-state index in [-0.39, 0.29) is 11.3 Å². The first-order valence-electron chi connectivity index (χ1n) is 9.06. The van der Waals surface area contributed by atoms with Gasteiger partial charge in [0.25, 0.3) is 5.56 Å². The van der Waals surface area contributed by atoms with E-state index in [1.807, 2.05) is 37.4 Å². The van der Waals surface area contributed by atoms with Crippen molar-refractivity contribution in [3.8, 4) is 5.75 Å². The lowest BCUT2D eigenvalue weighted by Gasteiger charge is -2.32. The molecule has 1 aromatic heterocycles. The Morgan fingerprint density at radius 2 is 2.00 bits per heavy atom. The highest BCUT2D eigenvalue weighted by Crippen LogP contribution is 2.43. The summed E-state index contributed by atoms with van der Waals surface area (Å²) < 4.78 is 5.53. The third-order valence-electron chi connectivity index (χ3n) is 4.95. The molecule has 2 N–H and O–H groups in total. The number of nitrogens with zero attached hydrogens (tertiary/aromatic N) is 1. The van der Waals surface area contributed by atoms with Gasteiger partial charge in [-0.3, -0.25) is 9.59 Å². The van der Waals surface area contributed by atoms with Crippen molar-refractivity contribution in [2.75, 3.05) is 18.2 Å². The number of ketones is 1. The van der Waals surface area contributed by atoms with E-state index in [4.69, 9.17) is 4.74 Å². The van der Waals surface area contributed by atoms with Crippen molar-refractivity contribution in [3.63, 3.8) is 0 Å². The van der Waals surface area contributed by atoms with Crippen molar-refractivity contribution >= 4 is 23.4 Å². The summed E-state index contributed by atoms with van der Waals surface area (Å²) in [7, 11) is 0. The second-order valence-corrected chi connectivity index (χ2v) is 7.36. The molecule has 2 aromatic rings. The third-order valence-corrected chi connectivity index (χ3v) is 5.53. The second-order valence-electron chi connectivity index (χ2n) is 6.57. The van der Waals surface area contributed by atoms with Crippen molar-refractivity contribution in [2.45, 2.75) is 37.3 Å². The van der Waals surface area contributed by atoms with Gasteiger partial charge in [-0.05, 0) is 43.7 Å². The van der Waals surface area contributed by atoms with E-state index in [0.717, 1.165) is 29.9 Å². The Labute approximate surface area is 161 Å². The molecule has 0 saturated heterocycles. The van der Waals surface area contributed by atoms with Gasteiger partial charge in [-0.1, -0.05) is 23.9 Å². The lowest BCUT2D eigenvalue weighted by atomic mass is 9.76. The number of aromatic amines is 1. The Kier molecular flexibility index (Phi) is 4.78. The maximum absolute atomic E-state index is 12.9. The van der Waals surface area contributed by atoms with Crippen LogP contribution in [-0.2, 0) is 4.79 Å². The molecule has 0 amide bonds. The summed E-state index contributed by atoms with van der Waals surface area (Å²) in [5, 5.41) is 3.82. The van der Waals surface area contributed by atoms with E-state index in [1.165, 1.54) is 11.8 Å². The topological polar surface area (TPSA) is 84.1 Å². The van der Waals surface area contributed by atoms with Crippen LogP contribution < -0.4 is 15.6 Å². The number of nitrogens with one attached hydrogen (secondary N) is 2. The number of Topliss-reactive ketones (excluding diaryl/α,β-unsaturated/α-hetero) is 1. The van der Waals surface area contributed by atoms with Crippen LogP contribution in [0.1, 0.15) is 43.2 Å². The quantitative estimate of drug-likeness (QED) is 0.621. The first-order chi connectivity index (χ1) is 13.1. The molecule has 0 spiro atoms. The highest BCUT2D eigenvalue weighted by atomic mass is 32.2. The van der Waals surface area contributed by atoms with E-state index in [0.29, 0.717) is 35.1 Å². The fourth-order valence-electron chi connectivity index (χ4n) is 3.79. The van der Waals surface area contributed by atoms with E-state index < -0.39 is 5.92 Å². The van der Waals surface area contributed by atoms with Gasteiger partial charge in [-0.15, -0.1) is 0 Å². The minimum Gasteiger partial charge on any atom is -0.494 e. The van der Waals surface area contributed by atoms with Gasteiger partial charge in [-0.2, -0.15) is 0 Å². The monoisotopic (exact) mass is 383 g/mol. The number of fused-ring (bicyclic) bond motifs is 1. The van der Waals surface area contributed by atoms with Crippen LogP contribution in [0.2, 0.25) is 0 Å². The van der Waals surface area contributed by atoms with Crippen molar-refractivity contribution in [3.05, 3.63) is 57.0 Å². The fourth-order valence-corrected chi connectivity index (χ4v) is 4.17. The smallest absolute Gasteiger partial charge is 0.257 e. The van der Waals surface area contributed by atoms with Crippen LogP contribution in [0.3, 0.4) is 0 Å². The van der Waals surface area contributed by atoms with Crippen LogP contribution in [0.15, 0.2) is 45.5 Å². The predicted octanol–water partition coefficient (Wildman–Crippen LogP) is 3.46. The molecule has 2 aliphatic rings. The number of rotatable bonds is 4. The highest BCUT2D eigenvalue weighted by Gasteiger charge is 2.37. The number of allylic oxidation sites excluding steroid dienone is 2. The van der Waals surface area contributed by atoms with Crippen LogP contribution in [0.4, 0.5) is 5.82 Å². The van der Waals surface area contributed by atoms with Gasteiger partial charge in [-0.25, -0.2) is 4.98 Å². The Hall–Kier alpha value is -2.54. The molecule has 0 saturated carbocycles. The molecule has 2 heterocycles. The van der Waals surface area contributed by atoms with E-state index in [1.54, 1.807) is 0 Å². The molecule has 1 aliphatic carbocycles. The number of hydrogen-bond donors (Lipinski definition) is 2. The summed E-state index contributed by atoms with van der Waals surface area (Å²) in [6.45, 7) is 2.52. The molecular weight excluding hydrogens is 362 g/mol. The number of carbonyl (C=O) groups is 1. The zero-order valence-electron chi connectivity index (χ0n) is 15.3. The van der Waals surface area contributed by atoms with Gasteiger partial charge in [0.15, 0.2) is 10.9 Å². The SMILES string of the molecule is CCOc1ccc(C2C3=C(CCCC3=O)Nc3nc(SC)[nH]c(=O)c32)cc1. The van der Waals surface area contributed by atoms with E-state index in [9.17, 15) is 9.59 Å². The number of anilines is 1. The van der Waals surface area contributed by atoms with E-state index in [2.05, 4.69) is 15.3 Å². The summed E-state index contributed by atoms with van der Waals surface area (Å²) in [5.41, 5.74) is 2.78. The highest BCUT2D eigenvalue weighted by molar-refractivity contribution is 7.98. The molecule has 0 radical (unpaired) electrons. The molecule has 4 rings (SSSR count). The zero-order valence-corrected chi connectivity index (χ0v) is 16.1. The fraction of sp³-hybridized carbons (Fsp3) is 0.350. The third kappa shape index (κ3) is 3.16. The zero-order chi connectivity index (χ0) is 19.0. The normalized spacial score (nSPS) is 18.6. The Bertz CT molecular complexity index is 979. The number of hydrogen-bond acceptors (Lipinski definition) is 6. The maximum Gasteiger partial charge on any atom is 0.257 e. The van der Waals surface area contributed by atoms with Crippen LogP contribution >= 0.6 is 11.8 Å². The molecule has 6 nitrogen and oxygen atoms in total. The predicted molar refractivity (Wildman–Crippen MR) is 106 cm³/mol. The molecule has 1 atom stereocenters. The summed E-state index contributed by atoms with van der Waals surface area (Å²) in [6.07, 6.45) is 3.98. The first kappa shape index (κ1) is 17.9. The van der Waals surface area contributed by atoms with Crippen molar-refractivity contribution < 1.29 is 9.53 Å². The minimum absolute atomic E-state index is 0.0987. The van der Waals surface area contributed by atoms with Gasteiger partial charge in [0.2, 0.25) is 0 Å². The minimum atomic E-state index is -0.410. The molecule has 7 heteroatoms. The molecule has 1 unspecified atom stereocenters. The molecule has 0 bridgehead atoms. The van der Waals surface area contributed by atoms with Crippen LogP contribution in [0.5, 0.6) is 5.75 Å². The van der Waals surface area contributed by atoms with Crippen LogP contribution in [-0.4, -0.2) is 28.6 Å². The number of carbonyl (C=O) groups excluding carboxylic acids is 1. The van der Waals surface area contributed by atoms with Crippen molar-refractivity contribution in [2.24, 2.45) is 0 Å². The summed E-state index contributed by atoms with van der Waals surface area (Å²) in [6, 6.07) is 7.62. The van der Waals surface area contributed by atoms with Gasteiger partial charge >= 0.3 is 0 Å². The molecular formula is C20H21N3O3S. The second kappa shape index (κ2) is 7.23. The summed E-state index contributed by atoms with van der Waals surface area (Å²) >= 11 is 1.38. The van der Waals surface area contributed by atoms with Gasteiger partial charge in [0, 0.05) is 23.6 Å². The molecule has 1 aliphatic heterocycles. The van der Waals surface area contributed by atoms with Crippen LogP contribution in [0, 0.1) is 0 Å². The lowest BCUT2D eigenvalue weighted by Crippen LogP contribution is -2.32. The van der Waals surface area contributed by atoms with Gasteiger partial charge < -0.3 is 15.0 Å². The van der Waals surface area contributed by atoms with Crippen molar-refractivity contribution in [1.82, 2.24) is 9.97 Å². The number of ether oxygens (including phenoxy) is 1. The maximum atomic E-state index is 12.9. The molecule has 140 valence electrons. The Morgan fingerprint density at radius 3 is 2.70 bits per heavy atom. The average molecular weight is 383 g/mol. The summed E-state index contributed by atoms with van der Waals surface area (Å²) in [5.74, 6) is 1.01. The Balaban J connectivity index is 1.90.